The normalized spacial score (nSPS) is 22.0. The monoisotopic (exact) mass is 450 g/mol. The Kier molecular flexibility index (Phi) is 4.91. The van der Waals surface area contributed by atoms with Gasteiger partial charge < -0.3 is 4.90 Å². The highest BCUT2D eigenvalue weighted by Gasteiger charge is 2.67. The van der Waals surface area contributed by atoms with E-state index in [2.05, 4.69) is 0 Å². The Bertz CT molecular complexity index is 1260. The van der Waals surface area contributed by atoms with Crippen LogP contribution in [-0.4, -0.2) is 20.6 Å². The van der Waals surface area contributed by atoms with Crippen molar-refractivity contribution in [2.75, 3.05) is 4.90 Å². The third-order valence-electron chi connectivity index (χ3n) is 6.25. The van der Waals surface area contributed by atoms with Crippen molar-refractivity contribution in [1.82, 2.24) is 4.72 Å². The molecule has 1 aliphatic heterocycles. The summed E-state index contributed by atoms with van der Waals surface area (Å²) < 4.78 is 35.1. The van der Waals surface area contributed by atoms with E-state index in [4.69, 9.17) is 4.55 Å². The minimum absolute atomic E-state index is 0.0145. The Morgan fingerprint density at radius 3 is 2.62 bits per heavy atom. The third-order valence-corrected chi connectivity index (χ3v) is 6.61. The molecule has 6 nitrogen and oxygen atoms in total. The SMILES string of the molecule is O=C(NS(=O)O)c1cccc(CN2C(=O)[C@@]3(C[C@H]3c3ccc(F)cc3)c3ccccc32)c1. The lowest BCUT2D eigenvalue weighted by molar-refractivity contribution is -0.120. The van der Waals surface area contributed by atoms with Crippen LogP contribution in [0.15, 0.2) is 72.8 Å². The maximum atomic E-state index is 13.7. The molecule has 0 bridgehead atoms. The highest BCUT2D eigenvalue weighted by atomic mass is 32.2. The molecule has 2 N–H and O–H groups in total. The van der Waals surface area contributed by atoms with Crippen molar-refractivity contribution in [1.29, 1.82) is 0 Å². The molecule has 2 amide bonds. The zero-order valence-corrected chi connectivity index (χ0v) is 17.6. The van der Waals surface area contributed by atoms with E-state index in [0.29, 0.717) is 6.42 Å². The predicted molar refractivity (Wildman–Crippen MR) is 118 cm³/mol. The fourth-order valence-electron chi connectivity index (χ4n) is 4.73. The lowest BCUT2D eigenvalue weighted by atomic mass is 9.92. The summed E-state index contributed by atoms with van der Waals surface area (Å²) in [5.41, 5.74) is 3.03. The molecule has 0 saturated heterocycles. The summed E-state index contributed by atoms with van der Waals surface area (Å²) in [6.45, 7) is 0.261. The topological polar surface area (TPSA) is 86.7 Å². The second-order valence-corrected chi connectivity index (χ2v) is 8.77. The molecule has 0 radical (unpaired) electrons. The van der Waals surface area contributed by atoms with Crippen LogP contribution in [0, 0.1) is 5.82 Å². The van der Waals surface area contributed by atoms with Gasteiger partial charge in [-0.1, -0.05) is 42.5 Å². The molecule has 162 valence electrons. The first-order chi connectivity index (χ1) is 15.4. The van der Waals surface area contributed by atoms with Crippen molar-refractivity contribution in [2.45, 2.75) is 24.3 Å². The second kappa shape index (κ2) is 7.65. The van der Waals surface area contributed by atoms with Gasteiger partial charge in [-0.2, -0.15) is 0 Å². The fraction of sp³-hybridized carbons (Fsp3) is 0.167. The van der Waals surface area contributed by atoms with Crippen molar-refractivity contribution in [3.63, 3.8) is 0 Å². The van der Waals surface area contributed by atoms with Crippen LogP contribution >= 0.6 is 0 Å². The molecule has 2 aliphatic rings. The molecule has 1 spiro atoms. The Hall–Kier alpha value is -3.36. The molecule has 1 unspecified atom stereocenters. The van der Waals surface area contributed by atoms with Crippen molar-refractivity contribution in [2.24, 2.45) is 0 Å². The maximum Gasteiger partial charge on any atom is 0.264 e. The number of anilines is 1. The lowest BCUT2D eigenvalue weighted by Gasteiger charge is -2.19. The second-order valence-electron chi connectivity index (χ2n) is 8.07. The van der Waals surface area contributed by atoms with Crippen LogP contribution in [0.4, 0.5) is 10.1 Å². The molecule has 1 saturated carbocycles. The molecule has 3 atom stereocenters. The van der Waals surface area contributed by atoms with Gasteiger partial charge in [0, 0.05) is 17.2 Å². The zero-order chi connectivity index (χ0) is 22.5. The number of para-hydroxylation sites is 1. The number of hydrogen-bond donors (Lipinski definition) is 2. The number of fused-ring (bicyclic) bond motifs is 2. The third kappa shape index (κ3) is 3.32. The Morgan fingerprint density at radius 1 is 1.12 bits per heavy atom. The number of carbonyl (C=O) groups is 2. The lowest BCUT2D eigenvalue weighted by Crippen LogP contribution is -2.32. The number of benzene rings is 3. The first-order valence-corrected chi connectivity index (χ1v) is 11.2. The molecule has 3 aromatic rings. The van der Waals surface area contributed by atoms with Crippen molar-refractivity contribution < 1.29 is 22.7 Å². The smallest absolute Gasteiger partial charge is 0.264 e. The van der Waals surface area contributed by atoms with Gasteiger partial charge in [-0.25, -0.2) is 13.3 Å². The van der Waals surface area contributed by atoms with E-state index in [1.54, 1.807) is 41.3 Å². The average Bonchev–Trinajstić information content (AvgIpc) is 3.49. The number of hydrogen-bond acceptors (Lipinski definition) is 3. The molecule has 0 aromatic heterocycles. The summed E-state index contributed by atoms with van der Waals surface area (Å²) in [6, 6.07) is 20.6. The number of nitrogens with zero attached hydrogens (tertiary/aromatic N) is 1. The van der Waals surface area contributed by atoms with E-state index in [-0.39, 0.29) is 29.8 Å². The molecule has 5 rings (SSSR count). The van der Waals surface area contributed by atoms with E-state index in [9.17, 15) is 18.2 Å². The highest BCUT2D eigenvalue weighted by Crippen LogP contribution is 2.66. The van der Waals surface area contributed by atoms with E-state index >= 15 is 0 Å². The van der Waals surface area contributed by atoms with Crippen molar-refractivity contribution >= 4 is 28.8 Å². The summed E-state index contributed by atoms with van der Waals surface area (Å²) >= 11 is -2.46. The summed E-state index contributed by atoms with van der Waals surface area (Å²) in [6.07, 6.45) is 0.662. The van der Waals surface area contributed by atoms with Crippen molar-refractivity contribution in [3.05, 3.63) is 101 Å². The Balaban J connectivity index is 1.46. The van der Waals surface area contributed by atoms with E-state index in [0.717, 1.165) is 22.4 Å². The van der Waals surface area contributed by atoms with Crippen LogP contribution in [-0.2, 0) is 28.0 Å². The van der Waals surface area contributed by atoms with Crippen LogP contribution in [0.3, 0.4) is 0 Å². The molecular formula is C24H19FN2O4S. The quantitative estimate of drug-likeness (QED) is 0.581. The molecule has 1 aliphatic carbocycles. The number of nitrogens with one attached hydrogen (secondary N) is 1. The standard InChI is InChI=1S/C24H19FN2O4S/c25-18-10-8-16(9-11-18)20-13-24(20)19-6-1-2-7-21(19)27(23(24)29)14-15-4-3-5-17(12-15)22(28)26-32(30)31/h1-12,20H,13-14H2,(H,26,28)(H,30,31)/t20-,24-/m0/s1. The molecule has 1 heterocycles. The molecule has 3 aromatic carbocycles. The molecular weight excluding hydrogens is 431 g/mol. The number of amides is 2. The van der Waals surface area contributed by atoms with Crippen LogP contribution in [0.5, 0.6) is 0 Å². The minimum atomic E-state index is -2.46. The van der Waals surface area contributed by atoms with Gasteiger partial charge in [-0.15, -0.1) is 0 Å². The van der Waals surface area contributed by atoms with Crippen LogP contribution in [0.1, 0.15) is 39.4 Å². The Labute approximate surface area is 186 Å². The number of halogens is 1. The number of carbonyl (C=O) groups excluding carboxylic acids is 2. The van der Waals surface area contributed by atoms with E-state index in [1.807, 2.05) is 29.0 Å². The fourth-order valence-corrected chi connectivity index (χ4v) is 5.01. The van der Waals surface area contributed by atoms with Gasteiger partial charge in [0.1, 0.15) is 5.82 Å². The summed E-state index contributed by atoms with van der Waals surface area (Å²) in [5.74, 6) is -1.01. The Morgan fingerprint density at radius 2 is 1.88 bits per heavy atom. The highest BCUT2D eigenvalue weighted by molar-refractivity contribution is 7.77. The summed E-state index contributed by atoms with van der Waals surface area (Å²) in [5, 5.41) is 0. The maximum absolute atomic E-state index is 13.7. The molecule has 32 heavy (non-hydrogen) atoms. The zero-order valence-electron chi connectivity index (χ0n) is 16.8. The first kappa shape index (κ1) is 20.5. The van der Waals surface area contributed by atoms with Crippen LogP contribution in [0.2, 0.25) is 0 Å². The van der Waals surface area contributed by atoms with E-state index < -0.39 is 22.6 Å². The molecule has 8 heteroatoms. The predicted octanol–water partition coefficient (Wildman–Crippen LogP) is 3.66. The summed E-state index contributed by atoms with van der Waals surface area (Å²) in [7, 11) is 0. The first-order valence-electron chi connectivity index (χ1n) is 10.1. The number of rotatable bonds is 5. The summed E-state index contributed by atoms with van der Waals surface area (Å²) in [4.78, 5) is 27.5. The van der Waals surface area contributed by atoms with E-state index in [1.165, 1.54) is 12.1 Å². The average molecular weight is 450 g/mol. The van der Waals surface area contributed by atoms with Gasteiger partial charge in [0.25, 0.3) is 17.2 Å². The minimum Gasteiger partial charge on any atom is -0.307 e. The molecule has 1 fully saturated rings. The van der Waals surface area contributed by atoms with Gasteiger partial charge in [0.15, 0.2) is 0 Å². The largest absolute Gasteiger partial charge is 0.307 e. The van der Waals surface area contributed by atoms with Gasteiger partial charge in [-0.05, 0) is 53.4 Å². The van der Waals surface area contributed by atoms with Gasteiger partial charge >= 0.3 is 0 Å². The van der Waals surface area contributed by atoms with Gasteiger partial charge in [0.05, 0.1) is 12.0 Å². The van der Waals surface area contributed by atoms with Crippen LogP contribution < -0.4 is 9.62 Å². The van der Waals surface area contributed by atoms with Gasteiger partial charge in [-0.3, -0.25) is 14.1 Å². The van der Waals surface area contributed by atoms with Gasteiger partial charge in [0.2, 0.25) is 5.91 Å². The van der Waals surface area contributed by atoms with Crippen LogP contribution in [0.25, 0.3) is 0 Å². The van der Waals surface area contributed by atoms with Crippen molar-refractivity contribution in [3.8, 4) is 0 Å².